The van der Waals surface area contributed by atoms with Crippen LogP contribution in [0.5, 0.6) is 0 Å². The van der Waals surface area contributed by atoms with Gasteiger partial charge in [0, 0.05) is 6.54 Å². The average molecular weight is 340 g/mol. The summed E-state index contributed by atoms with van der Waals surface area (Å²) in [5, 5.41) is 10.1. The number of carboxylic acid groups (broad SMARTS) is 1. The fourth-order valence-corrected chi connectivity index (χ4v) is 3.79. The largest absolute Gasteiger partial charge is 0.481 e. The Morgan fingerprint density at radius 3 is 2.54 bits per heavy atom. The average Bonchev–Trinajstić information content (AvgIpc) is 2.99. The van der Waals surface area contributed by atoms with Crippen LogP contribution < -0.4 is 0 Å². The highest BCUT2D eigenvalue weighted by molar-refractivity contribution is 7.18. The first kappa shape index (κ1) is 16.6. The molecule has 0 aliphatic heterocycles. The Balaban J connectivity index is 1.79. The lowest BCUT2D eigenvalue weighted by Gasteiger charge is -2.24. The van der Waals surface area contributed by atoms with Crippen LogP contribution in [0.25, 0.3) is 10.2 Å². The Hall–Kier alpha value is -2.24. The minimum absolute atomic E-state index is 0.0551. The number of thiazole rings is 1. The predicted molar refractivity (Wildman–Crippen MR) is 97.3 cm³/mol. The highest BCUT2D eigenvalue weighted by Crippen LogP contribution is 2.29. The van der Waals surface area contributed by atoms with E-state index in [1.54, 1.807) is 11.3 Å². The standard InChI is InChI=1S/C19H20N2O2S/c1-13(19-20-16-9-5-6-10-17(16)24-19)21(2)12-15-8-4-3-7-14(15)11-18(22)23/h3-10,13H,11-12H2,1-2H3,(H,22,23). The highest BCUT2D eigenvalue weighted by atomic mass is 32.1. The summed E-state index contributed by atoms with van der Waals surface area (Å²) in [6.07, 6.45) is 0.0551. The summed E-state index contributed by atoms with van der Waals surface area (Å²) in [4.78, 5) is 18.0. The van der Waals surface area contributed by atoms with Crippen LogP contribution >= 0.6 is 11.3 Å². The number of aromatic nitrogens is 1. The van der Waals surface area contributed by atoms with Crippen LogP contribution in [0.15, 0.2) is 48.5 Å². The maximum Gasteiger partial charge on any atom is 0.307 e. The zero-order valence-corrected chi connectivity index (χ0v) is 14.6. The predicted octanol–water partition coefficient (Wildman–Crippen LogP) is 4.12. The molecule has 24 heavy (non-hydrogen) atoms. The smallest absolute Gasteiger partial charge is 0.307 e. The third kappa shape index (κ3) is 3.63. The summed E-state index contributed by atoms with van der Waals surface area (Å²) >= 11 is 1.71. The SMILES string of the molecule is CC(c1nc2ccccc2s1)N(C)Cc1ccccc1CC(=O)O. The van der Waals surface area contributed by atoms with Crippen molar-refractivity contribution in [3.63, 3.8) is 0 Å². The van der Waals surface area contributed by atoms with E-state index in [1.165, 1.54) is 4.70 Å². The Kier molecular flexibility index (Phi) is 4.92. The minimum atomic E-state index is -0.802. The summed E-state index contributed by atoms with van der Waals surface area (Å²) in [5.74, 6) is -0.802. The molecule has 1 atom stereocenters. The molecule has 0 bridgehead atoms. The van der Waals surface area contributed by atoms with Crippen LogP contribution in [0.2, 0.25) is 0 Å². The van der Waals surface area contributed by atoms with Crippen LogP contribution in [-0.2, 0) is 17.8 Å². The maximum atomic E-state index is 11.0. The number of nitrogens with zero attached hydrogens (tertiary/aromatic N) is 2. The summed E-state index contributed by atoms with van der Waals surface area (Å²) in [7, 11) is 2.05. The Bertz CT molecular complexity index is 826. The van der Waals surface area contributed by atoms with Gasteiger partial charge in [0.25, 0.3) is 0 Å². The second-order valence-corrected chi connectivity index (χ2v) is 7.01. The molecule has 0 radical (unpaired) electrons. The summed E-state index contributed by atoms with van der Waals surface area (Å²) in [6.45, 7) is 2.83. The lowest BCUT2D eigenvalue weighted by Crippen LogP contribution is -2.22. The number of carboxylic acids is 1. The molecule has 1 unspecified atom stereocenters. The fraction of sp³-hybridized carbons (Fsp3) is 0.263. The Morgan fingerprint density at radius 1 is 1.17 bits per heavy atom. The molecule has 1 heterocycles. The van der Waals surface area contributed by atoms with E-state index in [4.69, 9.17) is 10.1 Å². The molecular formula is C19H20N2O2S. The molecule has 0 aliphatic carbocycles. The van der Waals surface area contributed by atoms with E-state index < -0.39 is 5.97 Å². The van der Waals surface area contributed by atoms with Crippen LogP contribution in [0.3, 0.4) is 0 Å². The van der Waals surface area contributed by atoms with Gasteiger partial charge in [-0.2, -0.15) is 0 Å². The van der Waals surface area contributed by atoms with Gasteiger partial charge in [-0.15, -0.1) is 11.3 Å². The van der Waals surface area contributed by atoms with Gasteiger partial charge >= 0.3 is 5.97 Å². The van der Waals surface area contributed by atoms with Crippen LogP contribution in [0.1, 0.15) is 29.1 Å². The Morgan fingerprint density at radius 2 is 1.83 bits per heavy atom. The molecular weight excluding hydrogens is 320 g/mol. The van der Waals surface area contributed by atoms with Gasteiger partial charge in [-0.05, 0) is 37.2 Å². The molecule has 0 saturated carbocycles. The van der Waals surface area contributed by atoms with Gasteiger partial charge in [-0.25, -0.2) is 4.98 Å². The molecule has 0 saturated heterocycles. The van der Waals surface area contributed by atoms with E-state index in [0.717, 1.165) is 21.7 Å². The molecule has 4 nitrogen and oxygen atoms in total. The number of benzene rings is 2. The molecule has 124 valence electrons. The summed E-state index contributed by atoms with van der Waals surface area (Å²) in [6, 6.07) is 16.0. The van der Waals surface area contributed by atoms with E-state index in [2.05, 4.69) is 17.9 Å². The summed E-state index contributed by atoms with van der Waals surface area (Å²) < 4.78 is 1.19. The number of carbonyl (C=O) groups is 1. The molecule has 0 amide bonds. The van der Waals surface area contributed by atoms with Gasteiger partial charge in [-0.1, -0.05) is 36.4 Å². The number of rotatable bonds is 6. The van der Waals surface area contributed by atoms with Crippen molar-refractivity contribution in [3.8, 4) is 0 Å². The van der Waals surface area contributed by atoms with Gasteiger partial charge < -0.3 is 5.11 Å². The van der Waals surface area contributed by atoms with Gasteiger partial charge in [0.15, 0.2) is 0 Å². The minimum Gasteiger partial charge on any atom is -0.481 e. The second kappa shape index (κ2) is 7.11. The van der Waals surface area contributed by atoms with Crippen LogP contribution in [0.4, 0.5) is 0 Å². The van der Waals surface area contributed by atoms with E-state index in [9.17, 15) is 4.79 Å². The molecule has 0 fully saturated rings. The number of hydrogen-bond acceptors (Lipinski definition) is 4. The third-order valence-corrected chi connectivity index (χ3v) is 5.42. The Labute approximate surface area is 145 Å². The zero-order valence-electron chi connectivity index (χ0n) is 13.8. The van der Waals surface area contributed by atoms with Crippen molar-refractivity contribution in [1.29, 1.82) is 0 Å². The van der Waals surface area contributed by atoms with Crippen LogP contribution in [-0.4, -0.2) is 28.0 Å². The maximum absolute atomic E-state index is 11.0. The van der Waals surface area contributed by atoms with E-state index in [0.29, 0.717) is 6.54 Å². The second-order valence-electron chi connectivity index (χ2n) is 5.95. The van der Waals surface area contributed by atoms with E-state index in [-0.39, 0.29) is 12.5 Å². The molecule has 1 aromatic heterocycles. The highest BCUT2D eigenvalue weighted by Gasteiger charge is 2.17. The quantitative estimate of drug-likeness (QED) is 0.733. The van der Waals surface area contributed by atoms with Crippen molar-refractivity contribution >= 4 is 27.5 Å². The van der Waals surface area contributed by atoms with Crippen LogP contribution in [0, 0.1) is 0 Å². The van der Waals surface area contributed by atoms with Crippen molar-refractivity contribution in [2.24, 2.45) is 0 Å². The topological polar surface area (TPSA) is 53.4 Å². The number of aliphatic carboxylic acids is 1. The number of hydrogen-bond donors (Lipinski definition) is 1. The zero-order chi connectivity index (χ0) is 17.1. The molecule has 0 aliphatic rings. The lowest BCUT2D eigenvalue weighted by molar-refractivity contribution is -0.136. The number of fused-ring (bicyclic) bond motifs is 1. The first-order valence-electron chi connectivity index (χ1n) is 7.89. The van der Waals surface area contributed by atoms with E-state index >= 15 is 0 Å². The van der Waals surface area contributed by atoms with Gasteiger partial charge in [0.1, 0.15) is 5.01 Å². The normalized spacial score (nSPS) is 12.6. The molecule has 2 aromatic carbocycles. The molecule has 5 heteroatoms. The lowest BCUT2D eigenvalue weighted by atomic mass is 10.0. The van der Waals surface area contributed by atoms with Gasteiger partial charge in [0.05, 0.1) is 22.7 Å². The fourth-order valence-electron chi connectivity index (χ4n) is 2.71. The van der Waals surface area contributed by atoms with Crippen molar-refractivity contribution in [2.75, 3.05) is 7.05 Å². The molecule has 3 aromatic rings. The third-order valence-electron chi connectivity index (χ3n) is 4.21. The van der Waals surface area contributed by atoms with Gasteiger partial charge in [-0.3, -0.25) is 9.69 Å². The van der Waals surface area contributed by atoms with Crippen molar-refractivity contribution in [2.45, 2.75) is 25.9 Å². The first-order valence-corrected chi connectivity index (χ1v) is 8.70. The van der Waals surface area contributed by atoms with Crippen molar-refractivity contribution in [1.82, 2.24) is 9.88 Å². The summed E-state index contributed by atoms with van der Waals surface area (Å²) in [5.41, 5.74) is 2.95. The first-order chi connectivity index (χ1) is 11.5. The van der Waals surface area contributed by atoms with Crippen molar-refractivity contribution in [3.05, 3.63) is 64.7 Å². The monoisotopic (exact) mass is 340 g/mol. The molecule has 0 spiro atoms. The number of para-hydroxylation sites is 1. The molecule has 3 rings (SSSR count). The molecule has 1 N–H and O–H groups in total. The van der Waals surface area contributed by atoms with Gasteiger partial charge in [0.2, 0.25) is 0 Å². The van der Waals surface area contributed by atoms with Crippen molar-refractivity contribution < 1.29 is 9.90 Å². The van der Waals surface area contributed by atoms with E-state index in [1.807, 2.05) is 49.5 Å².